The molecule has 1 fully saturated rings. The Morgan fingerprint density at radius 2 is 0.750 bits per heavy atom. The summed E-state index contributed by atoms with van der Waals surface area (Å²) in [4.78, 5) is 0. The van der Waals surface area contributed by atoms with Crippen LogP contribution in [0.15, 0.2) is 200 Å². The second kappa shape index (κ2) is 13.5. The molecule has 2 unspecified atom stereocenters. The van der Waals surface area contributed by atoms with Crippen molar-refractivity contribution in [2.75, 3.05) is 0 Å². The SMILES string of the molecule is c1ccc(-c2ccc(-n3c4ccccc4c4cc(-c5ccc6c(c5)c5ccccc5n6C5NC(c6ccccc6)NC(c6ccccc6)N5)ccc43)cc2)cc1. The monoisotopic (exact) mass is 721 g/mol. The molecule has 1 aliphatic heterocycles. The average molecular weight is 722 g/mol. The van der Waals surface area contributed by atoms with Gasteiger partial charge in [0, 0.05) is 27.2 Å². The Kier molecular flexibility index (Phi) is 7.88. The number of fused-ring (bicyclic) bond motifs is 6. The van der Waals surface area contributed by atoms with Gasteiger partial charge in [0.2, 0.25) is 0 Å². The first-order chi connectivity index (χ1) is 27.8. The van der Waals surface area contributed by atoms with Crippen LogP contribution in [0, 0.1) is 0 Å². The molecule has 3 N–H and O–H groups in total. The largest absolute Gasteiger partial charge is 0.311 e. The van der Waals surface area contributed by atoms with Crippen molar-refractivity contribution in [2.45, 2.75) is 18.6 Å². The summed E-state index contributed by atoms with van der Waals surface area (Å²) in [6, 6.07) is 72.2. The summed E-state index contributed by atoms with van der Waals surface area (Å²) >= 11 is 0. The number of para-hydroxylation sites is 2. The molecule has 0 spiro atoms. The van der Waals surface area contributed by atoms with Crippen molar-refractivity contribution in [1.82, 2.24) is 25.1 Å². The number of nitrogens with zero attached hydrogens (tertiary/aromatic N) is 2. The summed E-state index contributed by atoms with van der Waals surface area (Å²) in [6.07, 6.45) is -0.290. The fourth-order valence-electron chi connectivity index (χ4n) is 8.78. The zero-order valence-corrected chi connectivity index (χ0v) is 30.7. The van der Waals surface area contributed by atoms with Crippen LogP contribution in [0.3, 0.4) is 0 Å². The van der Waals surface area contributed by atoms with Gasteiger partial charge in [0.15, 0.2) is 0 Å². The highest BCUT2D eigenvalue weighted by Gasteiger charge is 2.31. The van der Waals surface area contributed by atoms with Crippen molar-refractivity contribution in [3.05, 3.63) is 211 Å². The predicted octanol–water partition coefficient (Wildman–Crippen LogP) is 11.9. The summed E-state index contributed by atoms with van der Waals surface area (Å²) in [5.41, 5.74) is 13.1. The molecule has 5 nitrogen and oxygen atoms in total. The van der Waals surface area contributed by atoms with Crippen molar-refractivity contribution >= 4 is 43.6 Å². The minimum absolute atomic E-state index is 0.0567. The molecule has 8 aromatic carbocycles. The standard InChI is InChI=1S/C51H39N5/c1-4-14-34(15-5-1)35-24-28-40(29-25-35)55-45-22-12-10-20-41(45)43-32-38(26-30-47(43)55)39-27-31-48-44(33-39)42-21-11-13-23-46(42)56(48)51-53-49(36-16-6-2-7-17-36)52-50(54-51)37-18-8-3-9-19-37/h1-33,49-54H. The van der Waals surface area contributed by atoms with Gasteiger partial charge in [0.1, 0.15) is 6.29 Å². The van der Waals surface area contributed by atoms with Gasteiger partial charge in [-0.1, -0.05) is 152 Å². The molecule has 3 heterocycles. The molecule has 0 amide bonds. The van der Waals surface area contributed by atoms with Gasteiger partial charge in [-0.3, -0.25) is 16.0 Å². The zero-order chi connectivity index (χ0) is 37.0. The van der Waals surface area contributed by atoms with E-state index in [2.05, 4.69) is 225 Å². The van der Waals surface area contributed by atoms with Crippen LogP contribution in [0.25, 0.3) is 71.6 Å². The van der Waals surface area contributed by atoms with Gasteiger partial charge in [-0.2, -0.15) is 0 Å². The molecule has 0 aliphatic carbocycles. The highest BCUT2D eigenvalue weighted by Crippen LogP contribution is 2.39. The molecule has 0 saturated carbocycles. The van der Waals surface area contributed by atoms with Crippen molar-refractivity contribution in [1.29, 1.82) is 0 Å². The summed E-state index contributed by atoms with van der Waals surface area (Å²) < 4.78 is 4.82. The molecular weight excluding hydrogens is 683 g/mol. The first-order valence-corrected chi connectivity index (χ1v) is 19.4. The van der Waals surface area contributed by atoms with E-state index in [0.717, 1.165) is 5.69 Å². The Hall–Kier alpha value is -6.76. The smallest absolute Gasteiger partial charge is 0.142 e. The number of aromatic nitrogens is 2. The third-order valence-corrected chi connectivity index (χ3v) is 11.5. The number of benzene rings is 8. The van der Waals surface area contributed by atoms with Gasteiger partial charge in [-0.05, 0) is 81.9 Å². The fourth-order valence-corrected chi connectivity index (χ4v) is 8.78. The summed E-state index contributed by atoms with van der Waals surface area (Å²) in [7, 11) is 0. The number of nitrogens with one attached hydrogen (secondary N) is 3. The maximum Gasteiger partial charge on any atom is 0.142 e. The van der Waals surface area contributed by atoms with Crippen molar-refractivity contribution in [3.8, 4) is 27.9 Å². The lowest BCUT2D eigenvalue weighted by Crippen LogP contribution is -2.56. The van der Waals surface area contributed by atoms with E-state index < -0.39 is 0 Å². The van der Waals surface area contributed by atoms with E-state index in [0.29, 0.717) is 0 Å². The molecule has 5 heteroatoms. The van der Waals surface area contributed by atoms with Crippen LogP contribution in [-0.4, -0.2) is 9.13 Å². The van der Waals surface area contributed by atoms with Gasteiger partial charge in [-0.25, -0.2) is 0 Å². The molecule has 0 bridgehead atoms. The first-order valence-electron chi connectivity index (χ1n) is 19.4. The molecule has 2 aromatic heterocycles. The van der Waals surface area contributed by atoms with Gasteiger partial charge in [-0.15, -0.1) is 0 Å². The van der Waals surface area contributed by atoms with E-state index in [1.165, 1.54) is 77.0 Å². The maximum atomic E-state index is 3.91. The van der Waals surface area contributed by atoms with Crippen LogP contribution < -0.4 is 16.0 Å². The molecule has 0 radical (unpaired) electrons. The molecular formula is C51H39N5. The first kappa shape index (κ1) is 32.7. The molecule has 11 rings (SSSR count). The van der Waals surface area contributed by atoms with Crippen LogP contribution >= 0.6 is 0 Å². The van der Waals surface area contributed by atoms with Gasteiger partial charge >= 0.3 is 0 Å². The lowest BCUT2D eigenvalue weighted by Gasteiger charge is -2.40. The molecule has 2 atom stereocenters. The van der Waals surface area contributed by atoms with Crippen LogP contribution in [-0.2, 0) is 0 Å². The third kappa shape index (κ3) is 5.52. The lowest BCUT2D eigenvalue weighted by atomic mass is 10.0. The van der Waals surface area contributed by atoms with Crippen molar-refractivity contribution in [2.24, 2.45) is 0 Å². The summed E-state index contributed by atoms with van der Waals surface area (Å²) in [5.74, 6) is 0. The quantitative estimate of drug-likeness (QED) is 0.160. The van der Waals surface area contributed by atoms with Crippen molar-refractivity contribution < 1.29 is 0 Å². The second-order valence-corrected chi connectivity index (χ2v) is 14.7. The fraction of sp³-hybridized carbons (Fsp3) is 0.0588. The Labute approximate surface area is 325 Å². The predicted molar refractivity (Wildman–Crippen MR) is 231 cm³/mol. The minimum atomic E-state index is -0.177. The topological polar surface area (TPSA) is 46.0 Å². The molecule has 1 aliphatic rings. The van der Waals surface area contributed by atoms with Gasteiger partial charge in [0.05, 0.1) is 34.4 Å². The number of hydrogen-bond donors (Lipinski definition) is 3. The Morgan fingerprint density at radius 3 is 1.38 bits per heavy atom. The van der Waals surface area contributed by atoms with E-state index >= 15 is 0 Å². The van der Waals surface area contributed by atoms with E-state index in [4.69, 9.17) is 0 Å². The van der Waals surface area contributed by atoms with E-state index in [9.17, 15) is 0 Å². The van der Waals surface area contributed by atoms with Crippen molar-refractivity contribution in [3.63, 3.8) is 0 Å². The average Bonchev–Trinajstić information content (AvgIpc) is 3.79. The van der Waals surface area contributed by atoms with E-state index in [1.807, 2.05) is 0 Å². The lowest BCUT2D eigenvalue weighted by molar-refractivity contribution is 0.161. The number of hydrogen-bond acceptors (Lipinski definition) is 3. The normalized spacial score (nSPS) is 17.2. The summed E-state index contributed by atoms with van der Waals surface area (Å²) in [6.45, 7) is 0. The minimum Gasteiger partial charge on any atom is -0.311 e. The Balaban J connectivity index is 1.01. The molecule has 1 saturated heterocycles. The molecule has 268 valence electrons. The van der Waals surface area contributed by atoms with Crippen LogP contribution in [0.1, 0.15) is 29.7 Å². The zero-order valence-electron chi connectivity index (χ0n) is 30.7. The highest BCUT2D eigenvalue weighted by atomic mass is 15.4. The molecule has 56 heavy (non-hydrogen) atoms. The van der Waals surface area contributed by atoms with Crippen LogP contribution in [0.2, 0.25) is 0 Å². The number of rotatable bonds is 6. The summed E-state index contributed by atoms with van der Waals surface area (Å²) in [5, 5.41) is 16.6. The Bertz CT molecular complexity index is 2950. The van der Waals surface area contributed by atoms with Gasteiger partial charge in [0.25, 0.3) is 0 Å². The van der Waals surface area contributed by atoms with E-state index in [-0.39, 0.29) is 18.6 Å². The maximum absolute atomic E-state index is 3.91. The highest BCUT2D eigenvalue weighted by molar-refractivity contribution is 6.12. The molecule has 10 aromatic rings. The second-order valence-electron chi connectivity index (χ2n) is 14.7. The van der Waals surface area contributed by atoms with E-state index in [1.54, 1.807) is 0 Å². The van der Waals surface area contributed by atoms with Crippen LogP contribution in [0.4, 0.5) is 0 Å². The Morgan fingerprint density at radius 1 is 0.321 bits per heavy atom. The van der Waals surface area contributed by atoms with Crippen LogP contribution in [0.5, 0.6) is 0 Å². The third-order valence-electron chi connectivity index (χ3n) is 11.5. The van der Waals surface area contributed by atoms with Gasteiger partial charge < -0.3 is 9.13 Å².